The van der Waals surface area contributed by atoms with E-state index in [2.05, 4.69) is 6.92 Å². The lowest BCUT2D eigenvalue weighted by atomic mass is 9.67. The summed E-state index contributed by atoms with van der Waals surface area (Å²) in [6.45, 7) is 6.39. The number of aryl methyl sites for hydroxylation is 2. The van der Waals surface area contributed by atoms with E-state index in [4.69, 9.17) is 4.74 Å². The second kappa shape index (κ2) is 11.2. The van der Waals surface area contributed by atoms with Crippen LogP contribution in [-0.4, -0.2) is 37.7 Å². The highest BCUT2D eigenvalue weighted by atomic mass is 32.2. The minimum atomic E-state index is -3.90. The van der Waals surface area contributed by atoms with Crippen molar-refractivity contribution in [3.63, 3.8) is 0 Å². The summed E-state index contributed by atoms with van der Waals surface area (Å²) in [4.78, 5) is 29.3. The average molecular weight is 585 g/mol. The molecule has 6 rings (SSSR count). The standard InChI is InChI=1S/C34H36N2O5S/c1-4-23-13-15-24(16-14-23)30-19-27-29(21-35(30)42(39,40)26-17-11-22(3)12-18-26)31(41-5-2)20-28-32(27)34(38)36(33(28)37)25-9-7-6-8-10-25/h6-18,27-28,30,32H,4-5,19-21H2,1-3H3/t27-,28+,30-,32-/m1/s1. The van der Waals surface area contributed by atoms with Gasteiger partial charge in [-0.3, -0.25) is 14.5 Å². The molecule has 7 nitrogen and oxygen atoms in total. The van der Waals surface area contributed by atoms with Crippen molar-refractivity contribution in [2.24, 2.45) is 17.8 Å². The highest BCUT2D eigenvalue weighted by molar-refractivity contribution is 7.89. The Balaban J connectivity index is 1.46. The first-order valence-electron chi connectivity index (χ1n) is 14.7. The SMILES string of the molecule is CCOC1=C2CN(S(=O)(=O)c3ccc(C)cc3)[C@@H](c3ccc(CC)cc3)C[C@H]2[C@H]2C(=O)N(c3ccccc3)C(=O)[C@H]2C1. The fourth-order valence-corrected chi connectivity index (χ4v) is 8.44. The van der Waals surface area contributed by atoms with Crippen molar-refractivity contribution < 1.29 is 22.7 Å². The van der Waals surface area contributed by atoms with Crippen LogP contribution in [0.4, 0.5) is 5.69 Å². The van der Waals surface area contributed by atoms with Crippen molar-refractivity contribution >= 4 is 27.5 Å². The van der Waals surface area contributed by atoms with Gasteiger partial charge in [0, 0.05) is 13.0 Å². The predicted octanol–water partition coefficient (Wildman–Crippen LogP) is 5.81. The maximum atomic E-state index is 14.3. The Bertz CT molecular complexity index is 1630. The van der Waals surface area contributed by atoms with Crippen molar-refractivity contribution in [1.82, 2.24) is 4.31 Å². The summed E-state index contributed by atoms with van der Waals surface area (Å²) in [5, 5.41) is 0. The van der Waals surface area contributed by atoms with Gasteiger partial charge in [-0.15, -0.1) is 0 Å². The van der Waals surface area contributed by atoms with Crippen molar-refractivity contribution in [1.29, 1.82) is 0 Å². The smallest absolute Gasteiger partial charge is 0.243 e. The van der Waals surface area contributed by atoms with Gasteiger partial charge in [0.05, 0.1) is 40.8 Å². The summed E-state index contributed by atoms with van der Waals surface area (Å²) in [5.74, 6) is -1.23. The number of sulfonamides is 1. The Morgan fingerprint density at radius 1 is 0.857 bits per heavy atom. The molecule has 0 unspecified atom stereocenters. The number of allylic oxidation sites excluding steroid dienone is 1. The molecule has 8 heteroatoms. The molecule has 3 aliphatic rings. The minimum Gasteiger partial charge on any atom is -0.498 e. The second-order valence-corrected chi connectivity index (χ2v) is 13.3. The third-order valence-electron chi connectivity index (χ3n) is 9.01. The average Bonchev–Trinajstić information content (AvgIpc) is 3.26. The van der Waals surface area contributed by atoms with Gasteiger partial charge in [0.1, 0.15) is 0 Å². The van der Waals surface area contributed by atoms with Gasteiger partial charge in [0.15, 0.2) is 0 Å². The number of carbonyl (C=O) groups excluding carboxylic acids is 2. The topological polar surface area (TPSA) is 84.0 Å². The number of nitrogens with zero attached hydrogens (tertiary/aromatic N) is 2. The van der Waals surface area contributed by atoms with E-state index in [1.54, 1.807) is 28.6 Å². The highest BCUT2D eigenvalue weighted by Gasteiger charge is 2.58. The molecule has 218 valence electrons. The van der Waals surface area contributed by atoms with Crippen molar-refractivity contribution in [3.05, 3.63) is 107 Å². The largest absolute Gasteiger partial charge is 0.498 e. The fraction of sp³-hybridized carbons (Fsp3) is 0.353. The zero-order valence-corrected chi connectivity index (χ0v) is 25.0. The summed E-state index contributed by atoms with van der Waals surface area (Å²) < 4.78 is 36.2. The normalized spacial score (nSPS) is 24.5. The molecular formula is C34H36N2O5S. The Labute approximate surface area is 247 Å². The molecule has 0 bridgehead atoms. The lowest BCUT2D eigenvalue weighted by Crippen LogP contribution is -2.47. The van der Waals surface area contributed by atoms with Crippen LogP contribution in [0.3, 0.4) is 0 Å². The van der Waals surface area contributed by atoms with Gasteiger partial charge in [0.25, 0.3) is 0 Å². The van der Waals surface area contributed by atoms with Gasteiger partial charge < -0.3 is 4.74 Å². The fourth-order valence-electron chi connectivity index (χ4n) is 6.83. The van der Waals surface area contributed by atoms with Crippen LogP contribution in [0.1, 0.15) is 49.4 Å². The first-order valence-corrected chi connectivity index (χ1v) is 16.1. The van der Waals surface area contributed by atoms with E-state index >= 15 is 0 Å². The number of hydrogen-bond donors (Lipinski definition) is 0. The molecular weight excluding hydrogens is 548 g/mol. The van der Waals surface area contributed by atoms with Crippen LogP contribution in [0.2, 0.25) is 0 Å². The van der Waals surface area contributed by atoms with Gasteiger partial charge in [-0.1, -0.05) is 67.1 Å². The Hall–Kier alpha value is -3.75. The van der Waals surface area contributed by atoms with Crippen LogP contribution in [-0.2, 0) is 30.8 Å². The molecule has 4 atom stereocenters. The van der Waals surface area contributed by atoms with E-state index in [9.17, 15) is 18.0 Å². The molecule has 42 heavy (non-hydrogen) atoms. The van der Waals surface area contributed by atoms with Crippen LogP contribution in [0, 0.1) is 24.7 Å². The van der Waals surface area contributed by atoms with Gasteiger partial charge in [0.2, 0.25) is 21.8 Å². The molecule has 0 saturated carbocycles. The Morgan fingerprint density at radius 2 is 1.55 bits per heavy atom. The van der Waals surface area contributed by atoms with Gasteiger partial charge in [-0.2, -0.15) is 4.31 Å². The van der Waals surface area contributed by atoms with Crippen LogP contribution < -0.4 is 4.90 Å². The number of para-hydroxylation sites is 1. The predicted molar refractivity (Wildman–Crippen MR) is 161 cm³/mol. The number of hydrogen-bond acceptors (Lipinski definition) is 5. The highest BCUT2D eigenvalue weighted by Crippen LogP contribution is 2.53. The number of amides is 2. The van der Waals surface area contributed by atoms with E-state index in [0.717, 1.165) is 28.7 Å². The van der Waals surface area contributed by atoms with Gasteiger partial charge in [-0.25, -0.2) is 8.42 Å². The first kappa shape index (κ1) is 28.4. The molecule has 1 aliphatic carbocycles. The Morgan fingerprint density at radius 3 is 2.19 bits per heavy atom. The molecule has 0 aromatic heterocycles. The van der Waals surface area contributed by atoms with Gasteiger partial charge in [-0.05, 0) is 73.6 Å². The number of rotatable bonds is 7. The summed E-state index contributed by atoms with van der Waals surface area (Å²) >= 11 is 0. The van der Waals surface area contributed by atoms with E-state index in [-0.39, 0.29) is 35.6 Å². The van der Waals surface area contributed by atoms with E-state index < -0.39 is 27.9 Å². The number of piperidine rings is 1. The van der Waals surface area contributed by atoms with E-state index in [0.29, 0.717) is 24.5 Å². The van der Waals surface area contributed by atoms with Crippen molar-refractivity contribution in [3.8, 4) is 0 Å². The summed E-state index contributed by atoms with van der Waals surface area (Å²) in [6, 6.07) is 23.5. The van der Waals surface area contributed by atoms with Crippen LogP contribution in [0.15, 0.2) is 95.1 Å². The summed E-state index contributed by atoms with van der Waals surface area (Å²) in [7, 11) is -3.90. The second-order valence-electron chi connectivity index (χ2n) is 11.4. The van der Waals surface area contributed by atoms with E-state index in [1.807, 2.05) is 68.4 Å². The van der Waals surface area contributed by atoms with Gasteiger partial charge >= 0.3 is 0 Å². The lowest BCUT2D eigenvalue weighted by molar-refractivity contribution is -0.123. The summed E-state index contributed by atoms with van der Waals surface area (Å²) in [5.41, 5.74) is 4.39. The van der Waals surface area contributed by atoms with Crippen LogP contribution in [0.5, 0.6) is 0 Å². The zero-order valence-electron chi connectivity index (χ0n) is 24.2. The van der Waals surface area contributed by atoms with E-state index in [1.165, 1.54) is 4.90 Å². The maximum Gasteiger partial charge on any atom is 0.243 e. The van der Waals surface area contributed by atoms with Crippen molar-refractivity contribution in [2.75, 3.05) is 18.1 Å². The molecule has 0 spiro atoms. The summed E-state index contributed by atoms with van der Waals surface area (Å²) in [6.07, 6.45) is 1.54. The van der Waals surface area contributed by atoms with Crippen LogP contribution >= 0.6 is 0 Å². The number of fused-ring (bicyclic) bond motifs is 3. The third-order valence-corrected chi connectivity index (χ3v) is 10.9. The zero-order chi connectivity index (χ0) is 29.6. The van der Waals surface area contributed by atoms with Crippen LogP contribution in [0.25, 0.3) is 0 Å². The van der Waals surface area contributed by atoms with Crippen molar-refractivity contribution in [2.45, 2.75) is 51.0 Å². The molecule has 2 saturated heterocycles. The molecule has 2 fully saturated rings. The Kier molecular flexibility index (Phi) is 7.53. The molecule has 3 aromatic rings. The molecule has 2 amide bonds. The number of ether oxygens (including phenoxy) is 1. The minimum absolute atomic E-state index is 0.104. The number of carbonyl (C=O) groups is 2. The number of anilines is 1. The maximum absolute atomic E-state index is 14.3. The number of imide groups is 1. The third kappa shape index (κ3) is 4.76. The lowest BCUT2D eigenvalue weighted by Gasteiger charge is -2.45. The molecule has 0 N–H and O–H groups in total. The monoisotopic (exact) mass is 584 g/mol. The molecule has 2 aliphatic heterocycles. The molecule has 3 aromatic carbocycles. The quantitative estimate of drug-likeness (QED) is 0.328. The molecule has 2 heterocycles. The molecule has 0 radical (unpaired) electrons. The first-order chi connectivity index (χ1) is 20.2. The number of benzene rings is 3.